The van der Waals surface area contributed by atoms with Crippen molar-refractivity contribution in [1.29, 1.82) is 0 Å². The summed E-state index contributed by atoms with van der Waals surface area (Å²) in [5.41, 5.74) is 3.85. The maximum absolute atomic E-state index is 12.4. The molecule has 1 aromatic heterocycles. The van der Waals surface area contributed by atoms with Crippen LogP contribution in [0.2, 0.25) is 0 Å². The van der Waals surface area contributed by atoms with Crippen LogP contribution in [-0.4, -0.2) is 50.1 Å². The SMILES string of the molecule is Cl.O=C1CCc2ccccc2N1CCCCCN1CCN(c2cccc3sccc23)CC1. The zero-order chi connectivity index (χ0) is 21.0. The number of thiophene rings is 1. The number of rotatable bonds is 7. The first-order valence-electron chi connectivity index (χ1n) is 11.6. The largest absolute Gasteiger partial charge is 0.368 e. The number of anilines is 2. The first kappa shape index (κ1) is 23.1. The third kappa shape index (κ3) is 4.95. The summed E-state index contributed by atoms with van der Waals surface area (Å²) in [6.07, 6.45) is 5.02. The van der Waals surface area contributed by atoms with Crippen LogP contribution in [0.3, 0.4) is 0 Å². The summed E-state index contributed by atoms with van der Waals surface area (Å²) in [5.74, 6) is 0.287. The minimum absolute atomic E-state index is 0. The Hall–Kier alpha value is -2.08. The van der Waals surface area contributed by atoms with Gasteiger partial charge < -0.3 is 9.80 Å². The minimum atomic E-state index is 0. The van der Waals surface area contributed by atoms with Gasteiger partial charge in [-0.3, -0.25) is 9.69 Å². The number of para-hydroxylation sites is 1. The summed E-state index contributed by atoms with van der Waals surface area (Å²) in [7, 11) is 0. The van der Waals surface area contributed by atoms with Crippen molar-refractivity contribution in [2.45, 2.75) is 32.1 Å². The Bertz CT molecular complexity index is 1040. The number of amides is 1. The van der Waals surface area contributed by atoms with Crippen molar-refractivity contribution in [1.82, 2.24) is 4.90 Å². The molecule has 5 rings (SSSR count). The standard InChI is InChI=1S/C26H31N3OS.ClH/c30-26-12-11-21-7-2-3-8-23(21)29(26)15-5-1-4-14-27-16-18-28(19-17-27)24-9-6-10-25-22(24)13-20-31-25;/h2-3,6-10,13,20H,1,4-5,11-12,14-19H2;1H. The van der Waals surface area contributed by atoms with E-state index in [4.69, 9.17) is 0 Å². The molecule has 0 N–H and O–H groups in total. The number of unbranched alkanes of at least 4 members (excludes halogenated alkanes) is 2. The van der Waals surface area contributed by atoms with Gasteiger partial charge in [0.15, 0.2) is 0 Å². The molecule has 0 atom stereocenters. The van der Waals surface area contributed by atoms with Crippen LogP contribution in [-0.2, 0) is 11.2 Å². The lowest BCUT2D eigenvalue weighted by Gasteiger charge is -2.36. The van der Waals surface area contributed by atoms with E-state index in [1.165, 1.54) is 40.7 Å². The fourth-order valence-corrected chi connectivity index (χ4v) is 5.80. The number of carbonyl (C=O) groups excluding carboxylic acids is 1. The second kappa shape index (κ2) is 10.7. The topological polar surface area (TPSA) is 26.8 Å². The van der Waals surface area contributed by atoms with Gasteiger partial charge in [0.25, 0.3) is 0 Å². The van der Waals surface area contributed by atoms with Gasteiger partial charge in [0.2, 0.25) is 5.91 Å². The first-order valence-corrected chi connectivity index (χ1v) is 12.5. The normalized spacial score (nSPS) is 16.8. The molecule has 0 saturated carbocycles. The van der Waals surface area contributed by atoms with E-state index in [2.05, 4.69) is 57.6 Å². The predicted octanol–water partition coefficient (Wildman–Crippen LogP) is 5.59. The molecule has 0 aliphatic carbocycles. The van der Waals surface area contributed by atoms with Crippen LogP contribution in [0, 0.1) is 0 Å². The summed E-state index contributed by atoms with van der Waals surface area (Å²) in [4.78, 5) is 19.6. The van der Waals surface area contributed by atoms with Crippen LogP contribution in [0.15, 0.2) is 53.9 Å². The van der Waals surface area contributed by atoms with E-state index in [9.17, 15) is 4.79 Å². The van der Waals surface area contributed by atoms with Crippen LogP contribution >= 0.6 is 23.7 Å². The highest BCUT2D eigenvalue weighted by molar-refractivity contribution is 7.17. The van der Waals surface area contributed by atoms with Crippen LogP contribution in [0.5, 0.6) is 0 Å². The minimum Gasteiger partial charge on any atom is -0.368 e. The molecule has 4 nitrogen and oxygen atoms in total. The third-order valence-electron chi connectivity index (χ3n) is 6.73. The molecular weight excluding hydrogens is 438 g/mol. The zero-order valence-electron chi connectivity index (χ0n) is 18.5. The Morgan fingerprint density at radius 2 is 1.56 bits per heavy atom. The van der Waals surface area contributed by atoms with E-state index in [0.29, 0.717) is 6.42 Å². The molecule has 0 unspecified atom stereocenters. The zero-order valence-corrected chi connectivity index (χ0v) is 20.2. The summed E-state index contributed by atoms with van der Waals surface area (Å²) in [6, 6.07) is 17.3. The fraction of sp³-hybridized carbons (Fsp3) is 0.423. The summed E-state index contributed by atoms with van der Waals surface area (Å²) >= 11 is 1.83. The third-order valence-corrected chi connectivity index (χ3v) is 7.62. The van der Waals surface area contributed by atoms with Crippen molar-refractivity contribution in [2.24, 2.45) is 0 Å². The van der Waals surface area contributed by atoms with E-state index in [0.717, 1.165) is 51.3 Å². The number of benzene rings is 2. The Balaban J connectivity index is 0.00000245. The number of fused-ring (bicyclic) bond motifs is 2. The lowest BCUT2D eigenvalue weighted by Crippen LogP contribution is -2.46. The van der Waals surface area contributed by atoms with Gasteiger partial charge in [-0.05, 0) is 61.0 Å². The quantitative estimate of drug-likeness (QED) is 0.422. The van der Waals surface area contributed by atoms with Crippen molar-refractivity contribution >= 4 is 51.1 Å². The average Bonchev–Trinajstić information content (AvgIpc) is 3.30. The number of hydrogen-bond donors (Lipinski definition) is 0. The van der Waals surface area contributed by atoms with Crippen LogP contribution in [0.1, 0.15) is 31.2 Å². The maximum Gasteiger partial charge on any atom is 0.227 e. The molecule has 1 saturated heterocycles. The molecule has 170 valence electrons. The molecule has 2 aliphatic heterocycles. The van der Waals surface area contributed by atoms with E-state index < -0.39 is 0 Å². The number of halogens is 1. The predicted molar refractivity (Wildman–Crippen MR) is 139 cm³/mol. The second-order valence-electron chi connectivity index (χ2n) is 8.67. The van der Waals surface area contributed by atoms with Crippen molar-refractivity contribution < 1.29 is 4.79 Å². The Labute approximate surface area is 201 Å². The number of nitrogens with zero attached hydrogens (tertiary/aromatic N) is 3. The van der Waals surface area contributed by atoms with Crippen molar-refractivity contribution in [3.8, 4) is 0 Å². The van der Waals surface area contributed by atoms with Gasteiger partial charge in [0.1, 0.15) is 0 Å². The molecule has 0 radical (unpaired) electrons. The van der Waals surface area contributed by atoms with E-state index in [-0.39, 0.29) is 18.3 Å². The van der Waals surface area contributed by atoms with Gasteiger partial charge in [-0.2, -0.15) is 0 Å². The second-order valence-corrected chi connectivity index (χ2v) is 9.62. The highest BCUT2D eigenvalue weighted by Gasteiger charge is 2.23. The molecule has 32 heavy (non-hydrogen) atoms. The van der Waals surface area contributed by atoms with Gasteiger partial charge in [-0.1, -0.05) is 30.7 Å². The summed E-state index contributed by atoms with van der Waals surface area (Å²) in [5, 5.41) is 3.59. The monoisotopic (exact) mass is 469 g/mol. The fourth-order valence-electron chi connectivity index (χ4n) is 4.99. The average molecular weight is 470 g/mol. The van der Waals surface area contributed by atoms with Crippen molar-refractivity contribution in [2.75, 3.05) is 49.1 Å². The number of piperazine rings is 1. The molecule has 3 heterocycles. The number of aryl methyl sites for hydroxylation is 1. The van der Waals surface area contributed by atoms with Gasteiger partial charge in [0, 0.05) is 60.6 Å². The summed E-state index contributed by atoms with van der Waals surface area (Å²) in [6.45, 7) is 6.51. The lowest BCUT2D eigenvalue weighted by molar-refractivity contribution is -0.118. The molecular formula is C26H32ClN3OS. The highest BCUT2D eigenvalue weighted by Crippen LogP contribution is 2.31. The first-order chi connectivity index (χ1) is 15.3. The molecule has 1 fully saturated rings. The smallest absolute Gasteiger partial charge is 0.227 e. The van der Waals surface area contributed by atoms with Crippen molar-refractivity contribution in [3.63, 3.8) is 0 Å². The number of hydrogen-bond acceptors (Lipinski definition) is 4. The van der Waals surface area contributed by atoms with E-state index in [1.54, 1.807) is 0 Å². The lowest BCUT2D eigenvalue weighted by atomic mass is 10.0. The molecule has 0 spiro atoms. The van der Waals surface area contributed by atoms with Crippen LogP contribution in [0.4, 0.5) is 11.4 Å². The maximum atomic E-state index is 12.4. The van der Waals surface area contributed by atoms with Crippen molar-refractivity contribution in [3.05, 3.63) is 59.5 Å². The molecule has 2 aromatic carbocycles. The molecule has 1 amide bonds. The molecule has 6 heteroatoms. The van der Waals surface area contributed by atoms with Crippen LogP contribution in [0.25, 0.3) is 10.1 Å². The van der Waals surface area contributed by atoms with Gasteiger partial charge in [0.05, 0.1) is 0 Å². The number of carbonyl (C=O) groups is 1. The Morgan fingerprint density at radius 1 is 0.781 bits per heavy atom. The van der Waals surface area contributed by atoms with Gasteiger partial charge in [-0.25, -0.2) is 0 Å². The molecule has 2 aliphatic rings. The highest BCUT2D eigenvalue weighted by atomic mass is 35.5. The van der Waals surface area contributed by atoms with Crippen LogP contribution < -0.4 is 9.80 Å². The molecule has 3 aromatic rings. The Kier molecular flexibility index (Phi) is 7.71. The van der Waals surface area contributed by atoms with E-state index in [1.807, 2.05) is 22.3 Å². The summed E-state index contributed by atoms with van der Waals surface area (Å²) < 4.78 is 1.38. The Morgan fingerprint density at radius 3 is 2.44 bits per heavy atom. The van der Waals surface area contributed by atoms with Gasteiger partial charge in [-0.15, -0.1) is 23.7 Å². The van der Waals surface area contributed by atoms with Gasteiger partial charge >= 0.3 is 0 Å². The molecule has 0 bridgehead atoms. The van der Waals surface area contributed by atoms with E-state index >= 15 is 0 Å².